The normalized spacial score (nSPS) is 13.2. The monoisotopic (exact) mass is 278 g/mol. The molecule has 0 radical (unpaired) electrons. The summed E-state index contributed by atoms with van der Waals surface area (Å²) in [7, 11) is 3.81. The average Bonchev–Trinajstić information content (AvgIpc) is 2.44. The number of nitrogens with zero attached hydrogens (tertiary/aromatic N) is 1. The first kappa shape index (κ1) is 17.2. The van der Waals surface area contributed by atoms with E-state index in [1.54, 1.807) is 7.11 Å². The summed E-state index contributed by atoms with van der Waals surface area (Å²) in [5.74, 6) is 0. The first-order chi connectivity index (χ1) is 9.58. The minimum absolute atomic E-state index is 0.416. The third-order valence-corrected chi connectivity index (χ3v) is 3.85. The summed E-state index contributed by atoms with van der Waals surface area (Å²) >= 11 is 0. The zero-order chi connectivity index (χ0) is 15.0. The highest BCUT2D eigenvalue weighted by atomic mass is 16.5. The van der Waals surface area contributed by atoms with Gasteiger partial charge in [0.15, 0.2) is 0 Å². The molecule has 1 aromatic carbocycles. The predicted octanol–water partition coefficient (Wildman–Crippen LogP) is 3.00. The van der Waals surface area contributed by atoms with E-state index in [4.69, 9.17) is 4.74 Å². The molecule has 0 fully saturated rings. The van der Waals surface area contributed by atoms with Crippen molar-refractivity contribution in [3.8, 4) is 0 Å². The lowest BCUT2D eigenvalue weighted by Crippen LogP contribution is -2.36. The molecular weight excluding hydrogens is 248 g/mol. The van der Waals surface area contributed by atoms with Crippen LogP contribution in [0.25, 0.3) is 0 Å². The van der Waals surface area contributed by atoms with Crippen LogP contribution in [-0.2, 0) is 4.74 Å². The van der Waals surface area contributed by atoms with Crippen molar-refractivity contribution < 1.29 is 4.74 Å². The molecule has 1 rings (SSSR count). The number of hydrogen-bond donors (Lipinski definition) is 1. The summed E-state index contributed by atoms with van der Waals surface area (Å²) in [5.41, 5.74) is 2.68. The minimum Gasteiger partial charge on any atom is -0.383 e. The highest BCUT2D eigenvalue weighted by Gasteiger charge is 2.14. The Morgan fingerprint density at radius 3 is 2.30 bits per heavy atom. The van der Waals surface area contributed by atoms with Gasteiger partial charge < -0.3 is 10.1 Å². The molecule has 0 saturated heterocycles. The predicted molar refractivity (Wildman–Crippen MR) is 86.2 cm³/mol. The maximum absolute atomic E-state index is 5.20. The standard InChI is InChI=1S/C17H30N2O/c1-14(2)19(12-13-20-5)11-10-17(18-4)16-8-6-15(3)7-9-16/h6-9,14,17-18H,10-13H2,1-5H3. The SMILES string of the molecule is CNC(CCN(CCOC)C(C)C)c1ccc(C)cc1. The van der Waals surface area contributed by atoms with Crippen LogP contribution in [0.1, 0.15) is 37.4 Å². The second-order valence-electron chi connectivity index (χ2n) is 5.66. The molecule has 0 heterocycles. The fraction of sp³-hybridized carbons (Fsp3) is 0.647. The van der Waals surface area contributed by atoms with Crippen molar-refractivity contribution in [1.82, 2.24) is 10.2 Å². The van der Waals surface area contributed by atoms with Crippen molar-refractivity contribution in [3.05, 3.63) is 35.4 Å². The van der Waals surface area contributed by atoms with Crippen LogP contribution in [0, 0.1) is 6.92 Å². The fourth-order valence-corrected chi connectivity index (χ4v) is 2.41. The number of aryl methyl sites for hydroxylation is 1. The molecule has 1 atom stereocenters. The van der Waals surface area contributed by atoms with Crippen molar-refractivity contribution in [2.24, 2.45) is 0 Å². The summed E-state index contributed by atoms with van der Waals surface area (Å²) in [5, 5.41) is 3.43. The van der Waals surface area contributed by atoms with Crippen LogP contribution in [0.5, 0.6) is 0 Å². The summed E-state index contributed by atoms with van der Waals surface area (Å²) in [6.45, 7) is 9.50. The largest absolute Gasteiger partial charge is 0.383 e. The van der Waals surface area contributed by atoms with Gasteiger partial charge in [0, 0.05) is 32.3 Å². The third kappa shape index (κ3) is 5.61. The average molecular weight is 278 g/mol. The molecule has 1 unspecified atom stereocenters. The van der Waals surface area contributed by atoms with Crippen LogP contribution in [-0.4, -0.2) is 44.8 Å². The van der Waals surface area contributed by atoms with Crippen LogP contribution in [0.3, 0.4) is 0 Å². The Morgan fingerprint density at radius 1 is 1.15 bits per heavy atom. The van der Waals surface area contributed by atoms with Crippen LogP contribution in [0.4, 0.5) is 0 Å². The fourth-order valence-electron chi connectivity index (χ4n) is 2.41. The van der Waals surface area contributed by atoms with Gasteiger partial charge in [-0.15, -0.1) is 0 Å². The minimum atomic E-state index is 0.416. The smallest absolute Gasteiger partial charge is 0.0589 e. The summed E-state index contributed by atoms with van der Waals surface area (Å²) in [6, 6.07) is 9.80. The first-order valence-corrected chi connectivity index (χ1v) is 7.55. The van der Waals surface area contributed by atoms with Crippen molar-refractivity contribution >= 4 is 0 Å². The molecule has 1 aromatic rings. The van der Waals surface area contributed by atoms with Crippen LogP contribution < -0.4 is 5.32 Å². The third-order valence-electron chi connectivity index (χ3n) is 3.85. The second-order valence-corrected chi connectivity index (χ2v) is 5.66. The van der Waals surface area contributed by atoms with Crippen molar-refractivity contribution in [1.29, 1.82) is 0 Å². The molecule has 0 aliphatic carbocycles. The zero-order valence-corrected chi connectivity index (χ0v) is 13.6. The van der Waals surface area contributed by atoms with Crippen molar-refractivity contribution in [3.63, 3.8) is 0 Å². The van der Waals surface area contributed by atoms with E-state index in [0.29, 0.717) is 12.1 Å². The Morgan fingerprint density at radius 2 is 1.80 bits per heavy atom. The molecule has 0 aromatic heterocycles. The van der Waals surface area contributed by atoms with E-state index in [0.717, 1.165) is 26.1 Å². The molecule has 1 N–H and O–H groups in total. The molecule has 0 aliphatic rings. The number of benzene rings is 1. The van der Waals surface area contributed by atoms with Gasteiger partial charge in [-0.1, -0.05) is 29.8 Å². The molecule has 0 saturated carbocycles. The van der Waals surface area contributed by atoms with Gasteiger partial charge >= 0.3 is 0 Å². The maximum atomic E-state index is 5.20. The number of rotatable bonds is 9. The van der Waals surface area contributed by atoms with Gasteiger partial charge in [-0.25, -0.2) is 0 Å². The van der Waals surface area contributed by atoms with E-state index < -0.39 is 0 Å². The van der Waals surface area contributed by atoms with Gasteiger partial charge in [-0.05, 0) is 39.8 Å². The van der Waals surface area contributed by atoms with Gasteiger partial charge in [0.05, 0.1) is 6.61 Å². The first-order valence-electron chi connectivity index (χ1n) is 7.55. The highest BCUT2D eigenvalue weighted by molar-refractivity contribution is 5.24. The van der Waals surface area contributed by atoms with Crippen molar-refractivity contribution in [2.75, 3.05) is 33.9 Å². The number of ether oxygens (including phenoxy) is 1. The van der Waals surface area contributed by atoms with E-state index in [2.05, 4.69) is 55.3 Å². The number of nitrogens with one attached hydrogen (secondary N) is 1. The Hall–Kier alpha value is -0.900. The van der Waals surface area contributed by atoms with E-state index in [-0.39, 0.29) is 0 Å². The molecule has 3 heteroatoms. The van der Waals surface area contributed by atoms with E-state index in [1.807, 2.05) is 7.05 Å². The van der Waals surface area contributed by atoms with Crippen molar-refractivity contribution in [2.45, 2.75) is 39.3 Å². The van der Waals surface area contributed by atoms with Gasteiger partial charge in [0.2, 0.25) is 0 Å². The van der Waals surface area contributed by atoms with Gasteiger partial charge in [0.1, 0.15) is 0 Å². The van der Waals surface area contributed by atoms with E-state index >= 15 is 0 Å². The van der Waals surface area contributed by atoms with Gasteiger partial charge in [0.25, 0.3) is 0 Å². The summed E-state index contributed by atoms with van der Waals surface area (Å²) in [4.78, 5) is 2.47. The molecular formula is C17H30N2O. The Balaban J connectivity index is 2.56. The topological polar surface area (TPSA) is 24.5 Å². The molecule has 3 nitrogen and oxygen atoms in total. The number of methoxy groups -OCH3 is 1. The number of hydrogen-bond acceptors (Lipinski definition) is 3. The quantitative estimate of drug-likeness (QED) is 0.751. The van der Waals surface area contributed by atoms with E-state index in [9.17, 15) is 0 Å². The summed E-state index contributed by atoms with van der Waals surface area (Å²) < 4.78 is 5.20. The lowest BCUT2D eigenvalue weighted by atomic mass is 10.0. The Bertz CT molecular complexity index is 362. The van der Waals surface area contributed by atoms with Crippen LogP contribution >= 0.6 is 0 Å². The van der Waals surface area contributed by atoms with Crippen LogP contribution in [0.15, 0.2) is 24.3 Å². The Kier molecular flexibility index (Phi) is 7.82. The van der Waals surface area contributed by atoms with Gasteiger partial charge in [-0.3, -0.25) is 4.90 Å². The van der Waals surface area contributed by atoms with Gasteiger partial charge in [-0.2, -0.15) is 0 Å². The molecule has 114 valence electrons. The molecule has 0 bridgehead atoms. The van der Waals surface area contributed by atoms with E-state index in [1.165, 1.54) is 11.1 Å². The second kappa shape index (κ2) is 9.11. The van der Waals surface area contributed by atoms with Crippen LogP contribution in [0.2, 0.25) is 0 Å². The zero-order valence-electron chi connectivity index (χ0n) is 13.6. The molecule has 0 spiro atoms. The highest BCUT2D eigenvalue weighted by Crippen LogP contribution is 2.18. The Labute approximate surface area is 124 Å². The summed E-state index contributed by atoms with van der Waals surface area (Å²) in [6.07, 6.45) is 1.11. The lowest BCUT2D eigenvalue weighted by Gasteiger charge is -2.28. The lowest BCUT2D eigenvalue weighted by molar-refractivity contribution is 0.126. The molecule has 0 amide bonds. The maximum Gasteiger partial charge on any atom is 0.0589 e. The molecule has 0 aliphatic heterocycles. The molecule has 20 heavy (non-hydrogen) atoms.